The van der Waals surface area contributed by atoms with Crippen LogP contribution in [0.15, 0.2) is 33.8 Å². The van der Waals surface area contributed by atoms with E-state index in [9.17, 15) is 8.78 Å². The van der Waals surface area contributed by atoms with E-state index in [0.717, 1.165) is 5.56 Å². The number of aryl methyl sites for hydroxylation is 1. The number of guanidine groups is 1. The minimum Gasteiger partial charge on any atom is -0.435 e. The van der Waals surface area contributed by atoms with Gasteiger partial charge in [-0.3, -0.25) is 4.99 Å². The first-order chi connectivity index (χ1) is 11.5. The third-order valence-electron chi connectivity index (χ3n) is 3.11. The number of halogens is 2. The number of hydrogen-bond acceptors (Lipinski definition) is 5. The van der Waals surface area contributed by atoms with Gasteiger partial charge in [0.1, 0.15) is 5.75 Å². The Morgan fingerprint density at radius 3 is 2.62 bits per heavy atom. The van der Waals surface area contributed by atoms with E-state index in [1.54, 1.807) is 26.1 Å². The molecule has 0 saturated heterocycles. The lowest BCUT2D eigenvalue weighted by Crippen LogP contribution is -2.38. The van der Waals surface area contributed by atoms with E-state index >= 15 is 0 Å². The first kappa shape index (κ1) is 17.6. The molecule has 0 amide bonds. The number of hydrogen-bond donors (Lipinski definition) is 1. The summed E-state index contributed by atoms with van der Waals surface area (Å²) in [5.41, 5.74) is 0.927. The zero-order valence-corrected chi connectivity index (χ0v) is 13.7. The third-order valence-corrected chi connectivity index (χ3v) is 3.11. The van der Waals surface area contributed by atoms with Crippen molar-refractivity contribution in [1.82, 2.24) is 20.4 Å². The number of alkyl halides is 2. The van der Waals surface area contributed by atoms with Crippen LogP contribution in [0.5, 0.6) is 5.75 Å². The van der Waals surface area contributed by atoms with Gasteiger partial charge in [0.15, 0.2) is 11.8 Å². The summed E-state index contributed by atoms with van der Waals surface area (Å²) in [6.45, 7) is -0.179. The van der Waals surface area contributed by atoms with E-state index < -0.39 is 6.61 Å². The maximum Gasteiger partial charge on any atom is 0.387 e. The second-order valence-corrected chi connectivity index (χ2v) is 5.01. The van der Waals surface area contributed by atoms with Crippen molar-refractivity contribution in [2.75, 3.05) is 14.1 Å². The topological polar surface area (TPSA) is 75.8 Å². The van der Waals surface area contributed by atoms with Gasteiger partial charge >= 0.3 is 6.61 Å². The molecule has 0 spiro atoms. The first-order valence-corrected chi connectivity index (χ1v) is 7.22. The normalized spacial score (nSPS) is 11.7. The van der Waals surface area contributed by atoms with E-state index in [2.05, 4.69) is 25.2 Å². The maximum absolute atomic E-state index is 12.1. The van der Waals surface area contributed by atoms with Gasteiger partial charge in [-0.1, -0.05) is 17.3 Å². The smallest absolute Gasteiger partial charge is 0.387 e. The molecule has 0 bridgehead atoms. The van der Waals surface area contributed by atoms with Crippen LogP contribution in [0.2, 0.25) is 0 Å². The lowest BCUT2D eigenvalue weighted by atomic mass is 10.2. The van der Waals surface area contributed by atoms with Gasteiger partial charge in [0.25, 0.3) is 0 Å². The second-order valence-electron chi connectivity index (χ2n) is 5.01. The summed E-state index contributed by atoms with van der Waals surface area (Å²) in [5.74, 6) is 1.81. The maximum atomic E-state index is 12.1. The van der Waals surface area contributed by atoms with Gasteiger partial charge in [0.05, 0.1) is 6.54 Å². The molecule has 0 saturated carbocycles. The number of ether oxygens (including phenoxy) is 1. The fraction of sp³-hybridized carbons (Fsp3) is 0.400. The molecule has 1 aromatic carbocycles. The van der Waals surface area contributed by atoms with Gasteiger partial charge in [-0.2, -0.15) is 13.8 Å². The van der Waals surface area contributed by atoms with Crippen molar-refractivity contribution in [3.63, 3.8) is 0 Å². The molecule has 2 aromatic rings. The molecule has 0 fully saturated rings. The average molecular weight is 339 g/mol. The highest BCUT2D eigenvalue weighted by molar-refractivity contribution is 5.79. The molecule has 9 heteroatoms. The highest BCUT2D eigenvalue weighted by atomic mass is 19.3. The Kier molecular flexibility index (Phi) is 6.05. The zero-order valence-electron chi connectivity index (χ0n) is 13.7. The summed E-state index contributed by atoms with van der Waals surface area (Å²) in [7, 11) is 3.52. The van der Waals surface area contributed by atoms with Crippen LogP contribution in [0.4, 0.5) is 8.78 Å². The molecule has 130 valence electrons. The molecule has 0 aliphatic carbocycles. The Balaban J connectivity index is 1.90. The Morgan fingerprint density at radius 1 is 1.38 bits per heavy atom. The largest absolute Gasteiger partial charge is 0.435 e. The summed E-state index contributed by atoms with van der Waals surface area (Å²) in [5, 5.41) is 6.83. The molecule has 2 rings (SSSR count). The van der Waals surface area contributed by atoms with E-state index in [4.69, 9.17) is 4.52 Å². The number of rotatable bonds is 6. The van der Waals surface area contributed by atoms with Crippen LogP contribution in [0.3, 0.4) is 0 Å². The van der Waals surface area contributed by atoms with Gasteiger partial charge in [0.2, 0.25) is 5.89 Å². The standard InChI is InChI=1S/C15H19F2N5O2/c1-10-20-13(24-21-10)8-19-15(18-2)22(3)9-11-4-6-12(7-5-11)23-14(16)17/h4-7,14H,8-9H2,1-3H3,(H,18,19). The number of aromatic nitrogens is 2. The number of aliphatic imine (C=N–C) groups is 1. The van der Waals surface area contributed by atoms with Crippen molar-refractivity contribution in [1.29, 1.82) is 0 Å². The van der Waals surface area contributed by atoms with Crippen LogP contribution in [0, 0.1) is 6.92 Å². The summed E-state index contributed by atoms with van der Waals surface area (Å²) >= 11 is 0. The fourth-order valence-electron chi connectivity index (χ4n) is 2.08. The Labute approximate surface area is 138 Å². The summed E-state index contributed by atoms with van der Waals surface area (Å²) in [6.07, 6.45) is 0. The monoisotopic (exact) mass is 339 g/mol. The van der Waals surface area contributed by atoms with Gasteiger partial charge in [-0.25, -0.2) is 0 Å². The molecular formula is C15H19F2N5O2. The van der Waals surface area contributed by atoms with Gasteiger partial charge in [-0.15, -0.1) is 0 Å². The van der Waals surface area contributed by atoms with Crippen LogP contribution in [-0.2, 0) is 13.1 Å². The predicted octanol–water partition coefficient (Wildman–Crippen LogP) is 2.19. The number of nitrogens with one attached hydrogen (secondary N) is 1. The van der Waals surface area contributed by atoms with Crippen molar-refractivity contribution < 1.29 is 18.0 Å². The number of benzene rings is 1. The Bertz CT molecular complexity index is 673. The quantitative estimate of drug-likeness (QED) is 0.642. The molecule has 0 radical (unpaired) electrons. The lowest BCUT2D eigenvalue weighted by Gasteiger charge is -2.21. The van der Waals surface area contributed by atoms with Gasteiger partial charge in [0, 0.05) is 20.6 Å². The van der Waals surface area contributed by atoms with Crippen LogP contribution < -0.4 is 10.1 Å². The third kappa shape index (κ3) is 5.18. The molecule has 1 aromatic heterocycles. The van der Waals surface area contributed by atoms with Crippen molar-refractivity contribution in [3.05, 3.63) is 41.5 Å². The second kappa shape index (κ2) is 8.23. The van der Waals surface area contributed by atoms with Gasteiger partial charge in [-0.05, 0) is 24.6 Å². The molecule has 1 N–H and O–H groups in total. The first-order valence-electron chi connectivity index (χ1n) is 7.22. The highest BCUT2D eigenvalue weighted by Crippen LogP contribution is 2.15. The van der Waals surface area contributed by atoms with Crippen molar-refractivity contribution in [2.24, 2.45) is 4.99 Å². The van der Waals surface area contributed by atoms with Crippen LogP contribution in [0.25, 0.3) is 0 Å². The highest BCUT2D eigenvalue weighted by Gasteiger charge is 2.10. The number of nitrogens with zero attached hydrogens (tertiary/aromatic N) is 4. The van der Waals surface area contributed by atoms with Gasteiger partial charge < -0.3 is 19.5 Å². The molecule has 0 aliphatic heterocycles. The van der Waals surface area contributed by atoms with Crippen molar-refractivity contribution in [3.8, 4) is 5.75 Å². The Hall–Kier alpha value is -2.71. The van der Waals surface area contributed by atoms with E-state index in [1.807, 2.05) is 11.9 Å². The molecule has 7 nitrogen and oxygen atoms in total. The van der Waals surface area contributed by atoms with Crippen LogP contribution >= 0.6 is 0 Å². The van der Waals surface area contributed by atoms with Crippen molar-refractivity contribution in [2.45, 2.75) is 26.6 Å². The molecule has 0 aliphatic rings. The summed E-state index contributed by atoms with van der Waals surface area (Å²) in [6, 6.07) is 6.46. The van der Waals surface area contributed by atoms with Crippen molar-refractivity contribution >= 4 is 5.96 Å². The summed E-state index contributed by atoms with van der Waals surface area (Å²) < 4.78 is 33.6. The molecule has 0 unspecified atom stereocenters. The zero-order chi connectivity index (χ0) is 17.5. The minimum atomic E-state index is -2.82. The Morgan fingerprint density at radius 2 is 2.08 bits per heavy atom. The molecule has 1 heterocycles. The predicted molar refractivity (Wildman–Crippen MR) is 83.8 cm³/mol. The minimum absolute atomic E-state index is 0.130. The molecular weight excluding hydrogens is 320 g/mol. The van der Waals surface area contributed by atoms with E-state index in [1.165, 1.54) is 12.1 Å². The average Bonchev–Trinajstić information content (AvgIpc) is 2.95. The van der Waals surface area contributed by atoms with E-state index in [-0.39, 0.29) is 5.75 Å². The lowest BCUT2D eigenvalue weighted by molar-refractivity contribution is -0.0498. The summed E-state index contributed by atoms with van der Waals surface area (Å²) in [4.78, 5) is 10.2. The van der Waals surface area contributed by atoms with Crippen LogP contribution in [0.1, 0.15) is 17.3 Å². The fourth-order valence-corrected chi connectivity index (χ4v) is 2.08. The SMILES string of the molecule is CN=C(NCc1nc(C)no1)N(C)Cc1ccc(OC(F)F)cc1. The molecule has 0 atom stereocenters. The molecule has 24 heavy (non-hydrogen) atoms. The van der Waals surface area contributed by atoms with Crippen LogP contribution in [-0.4, -0.2) is 41.7 Å². The van der Waals surface area contributed by atoms with E-state index in [0.29, 0.717) is 30.8 Å².